The standard InChI is InChI=1S/C7H8N2O3/c1-4(10)7(9-8)5-2-3-6(11)12-5/h5H,2-3H2,1H3. The van der Waals surface area contributed by atoms with Crippen LogP contribution < -0.4 is 0 Å². The normalized spacial score (nSPS) is 21.4. The molecule has 5 heteroatoms. The summed E-state index contributed by atoms with van der Waals surface area (Å²) in [5, 5.41) is 0. The average Bonchev–Trinajstić information content (AvgIpc) is 2.37. The topological polar surface area (TPSA) is 79.8 Å². The fourth-order valence-corrected chi connectivity index (χ4v) is 1.08. The van der Waals surface area contributed by atoms with Crippen LogP contribution in [0, 0.1) is 0 Å². The van der Waals surface area contributed by atoms with Crippen molar-refractivity contribution in [2.75, 3.05) is 0 Å². The summed E-state index contributed by atoms with van der Waals surface area (Å²) in [5.41, 5.74) is 8.34. The molecule has 0 N–H and O–H groups in total. The molecule has 0 radical (unpaired) electrons. The zero-order valence-electron chi connectivity index (χ0n) is 6.61. The Bertz CT molecular complexity index is 278. The van der Waals surface area contributed by atoms with Gasteiger partial charge in [0.05, 0.1) is 0 Å². The highest BCUT2D eigenvalue weighted by Crippen LogP contribution is 2.14. The van der Waals surface area contributed by atoms with Gasteiger partial charge in [0.25, 0.3) is 0 Å². The van der Waals surface area contributed by atoms with Crippen molar-refractivity contribution in [1.82, 2.24) is 0 Å². The second-order valence-corrected chi connectivity index (χ2v) is 2.56. The van der Waals surface area contributed by atoms with E-state index in [-0.39, 0.29) is 23.9 Å². The van der Waals surface area contributed by atoms with Gasteiger partial charge in [-0.15, -0.1) is 0 Å². The summed E-state index contributed by atoms with van der Waals surface area (Å²) in [5.74, 6) is -0.736. The van der Waals surface area contributed by atoms with Crippen molar-refractivity contribution in [2.24, 2.45) is 0 Å². The minimum absolute atomic E-state index is 0.0825. The molecule has 1 saturated heterocycles. The van der Waals surface area contributed by atoms with E-state index in [1.807, 2.05) is 0 Å². The molecule has 0 spiro atoms. The first-order chi connectivity index (χ1) is 5.65. The minimum Gasteiger partial charge on any atom is -0.449 e. The van der Waals surface area contributed by atoms with Gasteiger partial charge in [-0.3, -0.25) is 9.59 Å². The van der Waals surface area contributed by atoms with Crippen LogP contribution in [0.3, 0.4) is 0 Å². The number of Topliss-reactive ketones (excluding diaryl/α,β-unsaturated/α-hetero) is 1. The van der Waals surface area contributed by atoms with Crippen LogP contribution in [0.1, 0.15) is 19.8 Å². The predicted molar refractivity (Wildman–Crippen MR) is 38.4 cm³/mol. The molecule has 1 rings (SSSR count). The van der Waals surface area contributed by atoms with E-state index in [0.29, 0.717) is 6.42 Å². The number of ether oxygens (including phenoxy) is 1. The number of carbonyl (C=O) groups excluding carboxylic acids is 2. The molecular formula is C7H8N2O3. The molecule has 0 aromatic rings. The van der Waals surface area contributed by atoms with Gasteiger partial charge in [-0.05, 0) is 0 Å². The third-order valence-corrected chi connectivity index (χ3v) is 1.66. The van der Waals surface area contributed by atoms with E-state index in [1.165, 1.54) is 6.92 Å². The fraction of sp³-hybridized carbons (Fsp3) is 0.571. The lowest BCUT2D eigenvalue weighted by Crippen LogP contribution is -2.27. The van der Waals surface area contributed by atoms with Gasteiger partial charge in [0.2, 0.25) is 11.9 Å². The Hall–Kier alpha value is -1.48. The zero-order valence-corrected chi connectivity index (χ0v) is 6.61. The quantitative estimate of drug-likeness (QED) is 0.251. The molecule has 1 fully saturated rings. The van der Waals surface area contributed by atoms with Crippen LogP contribution in [0.15, 0.2) is 0 Å². The highest BCUT2D eigenvalue weighted by atomic mass is 16.5. The average molecular weight is 168 g/mol. The largest absolute Gasteiger partial charge is 0.449 e. The van der Waals surface area contributed by atoms with Gasteiger partial charge in [0.1, 0.15) is 0 Å². The Balaban J connectivity index is 2.76. The number of nitrogens with zero attached hydrogens (tertiary/aromatic N) is 2. The Kier molecular flexibility index (Phi) is 2.35. The first kappa shape index (κ1) is 8.62. The third-order valence-electron chi connectivity index (χ3n) is 1.66. The minimum atomic E-state index is -0.653. The molecule has 1 unspecified atom stereocenters. The maximum absolute atomic E-state index is 10.8. The number of cyclic esters (lactones) is 1. The SMILES string of the molecule is CC(=O)C(=[N+]=[N-])C1CCC(=O)O1. The van der Waals surface area contributed by atoms with E-state index in [4.69, 9.17) is 10.3 Å². The zero-order chi connectivity index (χ0) is 9.14. The van der Waals surface area contributed by atoms with Gasteiger partial charge in [-0.1, -0.05) is 0 Å². The number of hydrogen-bond acceptors (Lipinski definition) is 3. The van der Waals surface area contributed by atoms with Crippen LogP contribution in [0.2, 0.25) is 0 Å². The molecule has 1 heterocycles. The van der Waals surface area contributed by atoms with Crippen molar-refractivity contribution >= 4 is 17.5 Å². The maximum atomic E-state index is 10.8. The van der Waals surface area contributed by atoms with Crippen LogP contribution in [0.4, 0.5) is 0 Å². The summed E-state index contributed by atoms with van der Waals surface area (Å²) in [6, 6.07) is 0. The van der Waals surface area contributed by atoms with Crippen molar-refractivity contribution in [1.29, 1.82) is 0 Å². The molecule has 0 aliphatic carbocycles. The Morgan fingerprint density at radius 3 is 2.75 bits per heavy atom. The number of esters is 1. The van der Waals surface area contributed by atoms with Crippen molar-refractivity contribution in [3.05, 3.63) is 5.53 Å². The molecule has 0 saturated carbocycles. The van der Waals surface area contributed by atoms with E-state index in [0.717, 1.165) is 0 Å². The molecule has 12 heavy (non-hydrogen) atoms. The highest BCUT2D eigenvalue weighted by molar-refractivity contribution is 6.38. The van der Waals surface area contributed by atoms with E-state index in [2.05, 4.69) is 4.79 Å². The van der Waals surface area contributed by atoms with Crippen LogP contribution >= 0.6 is 0 Å². The van der Waals surface area contributed by atoms with Gasteiger partial charge < -0.3 is 10.3 Å². The molecule has 1 aliphatic rings. The Morgan fingerprint density at radius 2 is 2.42 bits per heavy atom. The summed E-state index contributed by atoms with van der Waals surface area (Å²) in [7, 11) is 0. The Morgan fingerprint density at radius 1 is 1.75 bits per heavy atom. The number of rotatable bonds is 2. The van der Waals surface area contributed by atoms with E-state index in [1.54, 1.807) is 0 Å². The summed E-state index contributed by atoms with van der Waals surface area (Å²) in [4.78, 5) is 24.2. The summed E-state index contributed by atoms with van der Waals surface area (Å²) >= 11 is 0. The molecular weight excluding hydrogens is 160 g/mol. The van der Waals surface area contributed by atoms with Crippen LogP contribution in [0.5, 0.6) is 0 Å². The lowest BCUT2D eigenvalue weighted by atomic mass is 10.1. The van der Waals surface area contributed by atoms with Crippen molar-refractivity contribution < 1.29 is 19.1 Å². The highest BCUT2D eigenvalue weighted by Gasteiger charge is 2.36. The lowest BCUT2D eigenvalue weighted by Gasteiger charge is -1.99. The second-order valence-electron chi connectivity index (χ2n) is 2.56. The van der Waals surface area contributed by atoms with Gasteiger partial charge >= 0.3 is 11.7 Å². The van der Waals surface area contributed by atoms with Crippen molar-refractivity contribution in [2.45, 2.75) is 25.9 Å². The molecule has 0 aromatic heterocycles. The van der Waals surface area contributed by atoms with Crippen molar-refractivity contribution in [3.8, 4) is 0 Å². The van der Waals surface area contributed by atoms with Crippen LogP contribution in [-0.4, -0.2) is 28.4 Å². The van der Waals surface area contributed by atoms with Crippen LogP contribution in [0.25, 0.3) is 5.53 Å². The van der Waals surface area contributed by atoms with Gasteiger partial charge in [0.15, 0.2) is 0 Å². The van der Waals surface area contributed by atoms with Gasteiger partial charge in [-0.2, -0.15) is 4.79 Å². The van der Waals surface area contributed by atoms with Gasteiger partial charge in [0, 0.05) is 19.8 Å². The summed E-state index contributed by atoms with van der Waals surface area (Å²) in [6.07, 6.45) is 0.0365. The molecule has 0 aromatic carbocycles. The van der Waals surface area contributed by atoms with E-state index in [9.17, 15) is 9.59 Å². The summed E-state index contributed by atoms with van der Waals surface area (Å²) in [6.45, 7) is 1.27. The second kappa shape index (κ2) is 3.28. The van der Waals surface area contributed by atoms with Crippen molar-refractivity contribution in [3.63, 3.8) is 0 Å². The maximum Gasteiger partial charge on any atom is 0.374 e. The smallest absolute Gasteiger partial charge is 0.374 e. The molecule has 5 nitrogen and oxygen atoms in total. The fourth-order valence-electron chi connectivity index (χ4n) is 1.08. The first-order valence-electron chi connectivity index (χ1n) is 3.57. The molecule has 1 aliphatic heterocycles. The number of carbonyl (C=O) groups is 2. The third kappa shape index (κ3) is 1.57. The number of ketones is 1. The number of hydrogen-bond donors (Lipinski definition) is 0. The monoisotopic (exact) mass is 168 g/mol. The molecule has 0 bridgehead atoms. The Labute approximate surface area is 68.9 Å². The lowest BCUT2D eigenvalue weighted by molar-refractivity contribution is -0.141. The van der Waals surface area contributed by atoms with E-state index >= 15 is 0 Å². The van der Waals surface area contributed by atoms with Crippen LogP contribution in [-0.2, 0) is 14.3 Å². The molecule has 0 amide bonds. The predicted octanol–water partition coefficient (Wildman–Crippen LogP) is -0.0482. The molecule has 64 valence electrons. The van der Waals surface area contributed by atoms with E-state index < -0.39 is 6.10 Å². The first-order valence-corrected chi connectivity index (χ1v) is 3.57. The summed E-state index contributed by atoms with van der Waals surface area (Å²) < 4.78 is 4.73. The molecule has 1 atom stereocenters. The van der Waals surface area contributed by atoms with Gasteiger partial charge in [-0.25, -0.2) is 0 Å².